The summed E-state index contributed by atoms with van der Waals surface area (Å²) in [4.78, 5) is 30.3. The highest BCUT2D eigenvalue weighted by atomic mass is 16.2. The molecule has 5 rings (SSSR count). The molecule has 0 radical (unpaired) electrons. The number of fused-ring (bicyclic) bond motifs is 1. The topological polar surface area (TPSA) is 74.2 Å². The summed E-state index contributed by atoms with van der Waals surface area (Å²) < 4.78 is 0. The third-order valence-electron chi connectivity index (χ3n) is 5.90. The van der Waals surface area contributed by atoms with Gasteiger partial charge in [-0.2, -0.15) is 0 Å². The number of hydrogen-bond donors (Lipinski definition) is 1. The molecular formula is C23H26N6O. The van der Waals surface area contributed by atoms with E-state index in [9.17, 15) is 4.79 Å². The van der Waals surface area contributed by atoms with Crippen LogP contribution in [0, 0.1) is 5.92 Å². The highest BCUT2D eigenvalue weighted by molar-refractivity contribution is 5.95. The zero-order chi connectivity index (χ0) is 20.5. The predicted octanol–water partition coefficient (Wildman–Crippen LogP) is 2.79. The Bertz CT molecular complexity index is 1070. The van der Waals surface area contributed by atoms with E-state index < -0.39 is 0 Å². The smallest absolute Gasteiger partial charge is 0.228 e. The molecule has 0 unspecified atom stereocenters. The van der Waals surface area contributed by atoms with Crippen LogP contribution in [0.4, 0.5) is 5.82 Å². The SMILES string of the molecule is CN1CCN(Cc2cncc(-c3cc4cc(NC(=O)C5CC5)ncc4cn3)c2)CC1. The third-order valence-corrected chi connectivity index (χ3v) is 5.90. The highest BCUT2D eigenvalue weighted by Crippen LogP contribution is 2.30. The van der Waals surface area contributed by atoms with Crippen LogP contribution >= 0.6 is 0 Å². The van der Waals surface area contributed by atoms with E-state index in [1.165, 1.54) is 5.56 Å². The summed E-state index contributed by atoms with van der Waals surface area (Å²) in [5, 5.41) is 4.88. The molecule has 1 N–H and O–H groups in total. The van der Waals surface area contributed by atoms with Crippen molar-refractivity contribution in [2.24, 2.45) is 5.92 Å². The Kier molecular flexibility index (Phi) is 5.14. The zero-order valence-electron chi connectivity index (χ0n) is 17.2. The average molecular weight is 403 g/mol. The molecule has 0 aromatic carbocycles. The molecule has 3 aromatic heterocycles. The predicted molar refractivity (Wildman–Crippen MR) is 117 cm³/mol. The molecular weight excluding hydrogens is 376 g/mol. The summed E-state index contributed by atoms with van der Waals surface area (Å²) in [6, 6.07) is 6.14. The molecule has 1 aliphatic carbocycles. The maximum absolute atomic E-state index is 12.0. The average Bonchev–Trinajstić information content (AvgIpc) is 3.61. The number of carbonyl (C=O) groups excluding carboxylic acids is 1. The Balaban J connectivity index is 1.36. The van der Waals surface area contributed by atoms with Gasteiger partial charge in [-0.25, -0.2) is 4.98 Å². The van der Waals surface area contributed by atoms with E-state index in [2.05, 4.69) is 43.2 Å². The normalized spacial score (nSPS) is 17.9. The van der Waals surface area contributed by atoms with Gasteiger partial charge in [-0.1, -0.05) is 0 Å². The molecule has 1 amide bonds. The Labute approximate surface area is 176 Å². The maximum Gasteiger partial charge on any atom is 0.228 e. The monoisotopic (exact) mass is 402 g/mol. The van der Waals surface area contributed by atoms with Crippen molar-refractivity contribution in [3.63, 3.8) is 0 Å². The summed E-state index contributed by atoms with van der Waals surface area (Å²) in [6.07, 6.45) is 9.35. The van der Waals surface area contributed by atoms with E-state index in [-0.39, 0.29) is 11.8 Å². The van der Waals surface area contributed by atoms with Gasteiger partial charge in [0.15, 0.2) is 0 Å². The molecule has 2 aliphatic rings. The van der Waals surface area contributed by atoms with Gasteiger partial charge < -0.3 is 10.2 Å². The van der Waals surface area contributed by atoms with E-state index in [1.807, 2.05) is 30.7 Å². The second kappa shape index (κ2) is 8.08. The van der Waals surface area contributed by atoms with Gasteiger partial charge in [0.05, 0.1) is 5.69 Å². The van der Waals surface area contributed by atoms with Crippen LogP contribution in [-0.4, -0.2) is 63.9 Å². The first kappa shape index (κ1) is 19.1. The second-order valence-electron chi connectivity index (χ2n) is 8.41. The van der Waals surface area contributed by atoms with Crippen LogP contribution in [0.5, 0.6) is 0 Å². The number of pyridine rings is 3. The van der Waals surface area contributed by atoms with Crippen molar-refractivity contribution < 1.29 is 4.79 Å². The second-order valence-corrected chi connectivity index (χ2v) is 8.41. The molecule has 2 fully saturated rings. The molecule has 1 saturated heterocycles. The number of piperazine rings is 1. The van der Waals surface area contributed by atoms with Crippen LogP contribution in [0.2, 0.25) is 0 Å². The zero-order valence-corrected chi connectivity index (χ0v) is 17.2. The Morgan fingerprint density at radius 1 is 1.00 bits per heavy atom. The van der Waals surface area contributed by atoms with Crippen LogP contribution in [0.3, 0.4) is 0 Å². The van der Waals surface area contributed by atoms with Gasteiger partial charge in [0.2, 0.25) is 5.91 Å². The summed E-state index contributed by atoms with van der Waals surface area (Å²) in [7, 11) is 2.17. The lowest BCUT2D eigenvalue weighted by atomic mass is 10.1. The lowest BCUT2D eigenvalue weighted by molar-refractivity contribution is -0.117. The van der Waals surface area contributed by atoms with Crippen LogP contribution in [0.15, 0.2) is 43.0 Å². The van der Waals surface area contributed by atoms with Gasteiger partial charge >= 0.3 is 0 Å². The number of nitrogens with one attached hydrogen (secondary N) is 1. The van der Waals surface area contributed by atoms with Crippen LogP contribution in [0.25, 0.3) is 22.0 Å². The quantitative estimate of drug-likeness (QED) is 0.707. The van der Waals surface area contributed by atoms with Crippen molar-refractivity contribution in [1.29, 1.82) is 0 Å². The van der Waals surface area contributed by atoms with Gasteiger partial charge in [-0.05, 0) is 49.0 Å². The molecule has 4 heterocycles. The fourth-order valence-electron chi connectivity index (χ4n) is 3.82. The van der Waals surface area contributed by atoms with Crippen molar-refractivity contribution >= 4 is 22.5 Å². The number of rotatable bonds is 5. The van der Waals surface area contributed by atoms with Gasteiger partial charge in [0.1, 0.15) is 5.82 Å². The van der Waals surface area contributed by atoms with E-state index in [0.29, 0.717) is 5.82 Å². The lowest BCUT2D eigenvalue weighted by Gasteiger charge is -2.32. The first-order chi connectivity index (χ1) is 14.6. The minimum absolute atomic E-state index is 0.0666. The van der Waals surface area contributed by atoms with Crippen molar-refractivity contribution in [3.8, 4) is 11.3 Å². The number of carbonyl (C=O) groups is 1. The summed E-state index contributed by atoms with van der Waals surface area (Å²) in [5.41, 5.74) is 3.08. The third kappa shape index (κ3) is 4.32. The number of nitrogens with zero attached hydrogens (tertiary/aromatic N) is 5. The number of amides is 1. The largest absolute Gasteiger partial charge is 0.310 e. The summed E-state index contributed by atoms with van der Waals surface area (Å²) in [6.45, 7) is 5.28. The van der Waals surface area contributed by atoms with E-state index in [4.69, 9.17) is 0 Å². The van der Waals surface area contributed by atoms with E-state index in [1.54, 1.807) is 6.20 Å². The number of likely N-dealkylation sites (N-methyl/N-ethyl adjacent to an activating group) is 1. The molecule has 0 spiro atoms. The molecule has 0 bridgehead atoms. The van der Waals surface area contributed by atoms with Gasteiger partial charge in [-0.15, -0.1) is 0 Å². The molecule has 30 heavy (non-hydrogen) atoms. The van der Waals surface area contributed by atoms with Gasteiger partial charge in [0, 0.05) is 74.4 Å². The first-order valence-corrected chi connectivity index (χ1v) is 10.6. The molecule has 1 aliphatic heterocycles. The fourth-order valence-corrected chi connectivity index (χ4v) is 3.82. The van der Waals surface area contributed by atoms with Crippen molar-refractivity contribution in [1.82, 2.24) is 24.8 Å². The molecule has 3 aromatic rings. The number of hydrogen-bond acceptors (Lipinski definition) is 6. The minimum atomic E-state index is 0.0666. The van der Waals surface area contributed by atoms with Crippen LogP contribution in [0.1, 0.15) is 18.4 Å². The fraction of sp³-hybridized carbons (Fsp3) is 0.391. The Hall–Kier alpha value is -2.90. The minimum Gasteiger partial charge on any atom is -0.310 e. The summed E-state index contributed by atoms with van der Waals surface area (Å²) >= 11 is 0. The van der Waals surface area contributed by atoms with Gasteiger partial charge in [0.25, 0.3) is 0 Å². The standard InChI is InChI=1S/C23H26N6O/c1-28-4-6-29(7-5-28)15-16-8-19(12-24-11-16)21-9-18-10-22(26-14-20(18)13-25-21)27-23(30)17-2-3-17/h8-14,17H,2-7,15H2,1H3,(H,26,27,30). The first-order valence-electron chi connectivity index (χ1n) is 10.6. The highest BCUT2D eigenvalue weighted by Gasteiger charge is 2.29. The van der Waals surface area contributed by atoms with Crippen LogP contribution < -0.4 is 5.32 Å². The van der Waals surface area contributed by atoms with Crippen molar-refractivity contribution in [2.45, 2.75) is 19.4 Å². The van der Waals surface area contributed by atoms with E-state index in [0.717, 1.165) is 67.6 Å². The number of aromatic nitrogens is 3. The summed E-state index contributed by atoms with van der Waals surface area (Å²) in [5.74, 6) is 0.819. The van der Waals surface area contributed by atoms with Crippen LogP contribution in [-0.2, 0) is 11.3 Å². The molecule has 7 nitrogen and oxygen atoms in total. The molecule has 154 valence electrons. The van der Waals surface area contributed by atoms with E-state index >= 15 is 0 Å². The van der Waals surface area contributed by atoms with Crippen molar-refractivity contribution in [2.75, 3.05) is 38.5 Å². The Morgan fingerprint density at radius 3 is 2.60 bits per heavy atom. The maximum atomic E-state index is 12.0. The van der Waals surface area contributed by atoms with Gasteiger partial charge in [-0.3, -0.25) is 19.7 Å². The lowest BCUT2D eigenvalue weighted by Crippen LogP contribution is -2.43. The molecule has 0 atom stereocenters. The Morgan fingerprint density at radius 2 is 1.80 bits per heavy atom. The van der Waals surface area contributed by atoms with Crippen molar-refractivity contribution in [3.05, 3.63) is 48.5 Å². The molecule has 1 saturated carbocycles. The molecule has 7 heteroatoms. The number of anilines is 1.